The summed E-state index contributed by atoms with van der Waals surface area (Å²) in [5, 5.41) is 16.7. The Morgan fingerprint density at radius 3 is 2.83 bits per heavy atom. The number of amides is 1. The van der Waals surface area contributed by atoms with E-state index in [0.717, 1.165) is 25.1 Å². The van der Waals surface area contributed by atoms with Gasteiger partial charge in [-0.1, -0.05) is 6.42 Å². The minimum absolute atomic E-state index is 0.0367. The molecule has 2 atom stereocenters. The molecule has 1 saturated carbocycles. The molecule has 1 heterocycles. The number of H-pyrrole nitrogens is 1. The Balaban J connectivity index is 1.94. The van der Waals surface area contributed by atoms with Crippen LogP contribution in [0.1, 0.15) is 51.8 Å². The highest BCUT2D eigenvalue weighted by Crippen LogP contribution is 2.32. The van der Waals surface area contributed by atoms with Crippen LogP contribution in [0.15, 0.2) is 0 Å². The highest BCUT2D eigenvalue weighted by Gasteiger charge is 2.33. The van der Waals surface area contributed by atoms with Crippen molar-refractivity contribution >= 4 is 6.09 Å². The van der Waals surface area contributed by atoms with E-state index < -0.39 is 5.60 Å². The zero-order valence-corrected chi connectivity index (χ0v) is 10.9. The van der Waals surface area contributed by atoms with Crippen LogP contribution in [-0.4, -0.2) is 38.4 Å². The quantitative estimate of drug-likeness (QED) is 0.830. The van der Waals surface area contributed by atoms with Gasteiger partial charge in [-0.25, -0.2) is 9.89 Å². The van der Waals surface area contributed by atoms with Crippen molar-refractivity contribution in [1.82, 2.24) is 25.9 Å². The minimum atomic E-state index is -0.480. The molecular weight excluding hydrogens is 234 g/mol. The maximum atomic E-state index is 11.7. The van der Waals surface area contributed by atoms with E-state index in [1.807, 2.05) is 20.8 Å². The van der Waals surface area contributed by atoms with E-state index in [1.165, 1.54) is 0 Å². The van der Waals surface area contributed by atoms with Crippen LogP contribution in [0.4, 0.5) is 4.79 Å². The fourth-order valence-corrected chi connectivity index (χ4v) is 2.24. The molecule has 0 aromatic carbocycles. The number of carbonyl (C=O) groups is 1. The fourth-order valence-electron chi connectivity index (χ4n) is 2.24. The number of nitrogens with one attached hydrogen (secondary N) is 2. The van der Waals surface area contributed by atoms with Crippen molar-refractivity contribution in [3.8, 4) is 0 Å². The summed E-state index contributed by atoms with van der Waals surface area (Å²) in [5.74, 6) is 0.876. The number of tetrazole rings is 1. The van der Waals surface area contributed by atoms with Crippen LogP contribution in [0.5, 0.6) is 0 Å². The Bertz CT molecular complexity index is 398. The van der Waals surface area contributed by atoms with Crippen molar-refractivity contribution < 1.29 is 9.53 Å². The number of carbonyl (C=O) groups excluding carboxylic acids is 1. The number of nitrogens with zero attached hydrogens (tertiary/aromatic N) is 3. The lowest BCUT2D eigenvalue weighted by Crippen LogP contribution is -2.40. The maximum Gasteiger partial charge on any atom is 0.407 e. The van der Waals surface area contributed by atoms with E-state index in [-0.39, 0.29) is 18.1 Å². The molecule has 2 N–H and O–H groups in total. The van der Waals surface area contributed by atoms with Gasteiger partial charge in [0.15, 0.2) is 5.82 Å². The van der Waals surface area contributed by atoms with Crippen LogP contribution < -0.4 is 5.32 Å². The molecule has 0 radical (unpaired) electrons. The number of aromatic nitrogens is 4. The van der Waals surface area contributed by atoms with Gasteiger partial charge in [-0.05, 0) is 44.0 Å². The Hall–Kier alpha value is -1.66. The van der Waals surface area contributed by atoms with Crippen molar-refractivity contribution in [1.29, 1.82) is 0 Å². The van der Waals surface area contributed by atoms with E-state index in [4.69, 9.17) is 4.74 Å². The van der Waals surface area contributed by atoms with Crippen molar-refractivity contribution in [3.63, 3.8) is 0 Å². The molecule has 7 nitrogen and oxygen atoms in total. The summed E-state index contributed by atoms with van der Waals surface area (Å²) in [4.78, 5) is 11.7. The molecule has 1 fully saturated rings. The summed E-state index contributed by atoms with van der Waals surface area (Å²) in [6.45, 7) is 5.54. The van der Waals surface area contributed by atoms with Gasteiger partial charge in [0.25, 0.3) is 0 Å². The van der Waals surface area contributed by atoms with Crippen LogP contribution >= 0.6 is 0 Å². The second-order valence-electron chi connectivity index (χ2n) is 5.58. The lowest BCUT2D eigenvalue weighted by molar-refractivity contribution is 0.0500. The zero-order chi connectivity index (χ0) is 13.2. The summed E-state index contributed by atoms with van der Waals surface area (Å²) in [7, 11) is 0. The molecule has 1 amide bonds. The minimum Gasteiger partial charge on any atom is -0.444 e. The summed E-state index contributed by atoms with van der Waals surface area (Å²) < 4.78 is 5.25. The lowest BCUT2D eigenvalue weighted by atomic mass is 10.0. The van der Waals surface area contributed by atoms with Crippen molar-refractivity contribution in [2.24, 2.45) is 0 Å². The predicted molar refractivity (Wildman–Crippen MR) is 63.9 cm³/mol. The normalized spacial score (nSPS) is 23.9. The SMILES string of the molecule is CC(C)(C)OC(=O)N[C@H]1CCC[C@H]1c1nnn[nH]1. The second-order valence-corrected chi connectivity index (χ2v) is 5.58. The Kier molecular flexibility index (Phi) is 3.49. The third-order valence-corrected chi connectivity index (χ3v) is 2.93. The molecule has 0 spiro atoms. The van der Waals surface area contributed by atoms with Crippen LogP contribution in [0.2, 0.25) is 0 Å². The monoisotopic (exact) mass is 253 g/mol. The molecule has 0 aliphatic heterocycles. The molecule has 100 valence electrons. The first-order valence-electron chi connectivity index (χ1n) is 6.19. The standard InChI is InChI=1S/C11H19N5O2/c1-11(2,3)18-10(17)12-8-6-4-5-7(8)9-13-15-16-14-9/h7-8H,4-6H2,1-3H3,(H,12,17)(H,13,14,15,16)/t7-,8+/m1/s1. The molecule has 7 heteroatoms. The molecular formula is C11H19N5O2. The Morgan fingerprint density at radius 1 is 1.44 bits per heavy atom. The van der Waals surface area contributed by atoms with Gasteiger partial charge in [-0.15, -0.1) is 5.10 Å². The highest BCUT2D eigenvalue weighted by atomic mass is 16.6. The van der Waals surface area contributed by atoms with E-state index in [1.54, 1.807) is 0 Å². The topological polar surface area (TPSA) is 92.8 Å². The third kappa shape index (κ3) is 3.18. The summed E-state index contributed by atoms with van der Waals surface area (Å²) in [6, 6.07) is 0.0367. The average molecular weight is 253 g/mol. The zero-order valence-electron chi connectivity index (χ0n) is 10.9. The maximum absolute atomic E-state index is 11.7. The summed E-state index contributed by atoms with van der Waals surface area (Å²) in [6.07, 6.45) is 2.56. The highest BCUT2D eigenvalue weighted by molar-refractivity contribution is 5.68. The first kappa shape index (κ1) is 12.8. The number of alkyl carbamates (subject to hydrolysis) is 1. The number of aromatic amines is 1. The second kappa shape index (κ2) is 4.91. The van der Waals surface area contributed by atoms with E-state index in [9.17, 15) is 4.79 Å². The summed E-state index contributed by atoms with van der Waals surface area (Å²) in [5.41, 5.74) is -0.480. The molecule has 2 rings (SSSR count). The fraction of sp³-hybridized carbons (Fsp3) is 0.818. The molecule has 0 unspecified atom stereocenters. The van der Waals surface area contributed by atoms with Gasteiger partial charge in [0.2, 0.25) is 0 Å². The van der Waals surface area contributed by atoms with Gasteiger partial charge in [0.05, 0.1) is 0 Å². The average Bonchev–Trinajstić information content (AvgIpc) is 2.82. The largest absolute Gasteiger partial charge is 0.444 e. The van der Waals surface area contributed by atoms with Crippen LogP contribution in [-0.2, 0) is 4.74 Å². The van der Waals surface area contributed by atoms with Gasteiger partial charge in [0.1, 0.15) is 5.60 Å². The summed E-state index contributed by atoms with van der Waals surface area (Å²) >= 11 is 0. The number of hydrogen-bond donors (Lipinski definition) is 2. The van der Waals surface area contributed by atoms with Crippen LogP contribution in [0, 0.1) is 0 Å². The molecule has 0 saturated heterocycles. The van der Waals surface area contributed by atoms with Crippen LogP contribution in [0.25, 0.3) is 0 Å². The molecule has 1 aromatic heterocycles. The first-order chi connectivity index (χ1) is 8.46. The molecule has 18 heavy (non-hydrogen) atoms. The van der Waals surface area contributed by atoms with Gasteiger partial charge in [-0.2, -0.15) is 0 Å². The molecule has 1 aromatic rings. The third-order valence-electron chi connectivity index (χ3n) is 2.93. The Morgan fingerprint density at radius 2 is 2.22 bits per heavy atom. The molecule has 1 aliphatic carbocycles. The number of hydrogen-bond acceptors (Lipinski definition) is 5. The lowest BCUT2D eigenvalue weighted by Gasteiger charge is -2.23. The Labute approximate surface area is 106 Å². The predicted octanol–water partition coefficient (Wildman–Crippen LogP) is 1.36. The number of rotatable bonds is 2. The smallest absolute Gasteiger partial charge is 0.407 e. The van der Waals surface area contributed by atoms with Crippen molar-refractivity contribution in [2.45, 2.75) is 57.6 Å². The van der Waals surface area contributed by atoms with Gasteiger partial charge < -0.3 is 10.1 Å². The van der Waals surface area contributed by atoms with E-state index in [0.29, 0.717) is 0 Å². The van der Waals surface area contributed by atoms with Crippen molar-refractivity contribution in [3.05, 3.63) is 5.82 Å². The van der Waals surface area contributed by atoms with Crippen molar-refractivity contribution in [2.75, 3.05) is 0 Å². The first-order valence-corrected chi connectivity index (χ1v) is 6.19. The van der Waals surface area contributed by atoms with Gasteiger partial charge >= 0.3 is 6.09 Å². The number of ether oxygens (including phenoxy) is 1. The van der Waals surface area contributed by atoms with E-state index in [2.05, 4.69) is 25.9 Å². The van der Waals surface area contributed by atoms with Crippen LogP contribution in [0.3, 0.4) is 0 Å². The van der Waals surface area contributed by atoms with Gasteiger partial charge in [0, 0.05) is 12.0 Å². The van der Waals surface area contributed by atoms with Gasteiger partial charge in [-0.3, -0.25) is 0 Å². The molecule has 1 aliphatic rings. The van der Waals surface area contributed by atoms with E-state index >= 15 is 0 Å². The molecule has 0 bridgehead atoms.